The van der Waals surface area contributed by atoms with Crippen LogP contribution in [0.1, 0.15) is 27.7 Å². The Morgan fingerprint density at radius 2 is 1.87 bits per heavy atom. The van der Waals surface area contributed by atoms with Gasteiger partial charge in [-0.25, -0.2) is 0 Å². The highest BCUT2D eigenvalue weighted by atomic mass is 16.6. The molecule has 8 heteroatoms. The molecule has 0 aromatic carbocycles. The molecule has 8 nitrogen and oxygen atoms in total. The van der Waals surface area contributed by atoms with Crippen molar-refractivity contribution in [3.05, 3.63) is 11.8 Å². The normalized spacial score (nSPS) is 26.1. The van der Waals surface area contributed by atoms with Crippen LogP contribution in [-0.2, 0) is 28.6 Å². The summed E-state index contributed by atoms with van der Waals surface area (Å²) in [6.45, 7) is 6.09. The molecule has 0 bridgehead atoms. The molecule has 0 fully saturated rings. The van der Waals surface area contributed by atoms with Crippen molar-refractivity contribution in [2.75, 3.05) is 13.2 Å². The van der Waals surface area contributed by atoms with E-state index in [9.17, 15) is 14.4 Å². The van der Waals surface area contributed by atoms with E-state index in [2.05, 4.69) is 5.32 Å². The number of rotatable bonds is 5. The average molecular weight is 324 g/mol. The van der Waals surface area contributed by atoms with Gasteiger partial charge in [-0.05, 0) is 26.8 Å². The minimum Gasteiger partial charge on any atom is -0.466 e. The minimum absolute atomic E-state index is 0.0931. The summed E-state index contributed by atoms with van der Waals surface area (Å²) in [7, 11) is 0. The fourth-order valence-corrected chi connectivity index (χ4v) is 2.49. The van der Waals surface area contributed by atoms with Crippen molar-refractivity contribution < 1.29 is 28.6 Å². The second kappa shape index (κ2) is 7.63. The lowest BCUT2D eigenvalue weighted by molar-refractivity contribution is -0.178. The number of nitriles is 1. The zero-order valence-electron chi connectivity index (χ0n) is 13.5. The van der Waals surface area contributed by atoms with E-state index < -0.39 is 35.4 Å². The Balaban J connectivity index is 3.36. The Hall–Kier alpha value is -2.56. The maximum Gasteiger partial charge on any atom is 0.316 e. The van der Waals surface area contributed by atoms with Crippen LogP contribution < -0.4 is 5.32 Å². The second-order valence-corrected chi connectivity index (χ2v) is 5.04. The van der Waals surface area contributed by atoms with Gasteiger partial charge in [-0.3, -0.25) is 14.4 Å². The van der Waals surface area contributed by atoms with Crippen LogP contribution in [0.15, 0.2) is 11.8 Å². The van der Waals surface area contributed by atoms with E-state index in [0.29, 0.717) is 0 Å². The second-order valence-electron chi connectivity index (χ2n) is 5.04. The first-order valence-electron chi connectivity index (χ1n) is 7.22. The van der Waals surface area contributed by atoms with Crippen molar-refractivity contribution in [3.63, 3.8) is 0 Å². The van der Waals surface area contributed by atoms with E-state index in [-0.39, 0.29) is 19.0 Å². The van der Waals surface area contributed by atoms with Gasteiger partial charge in [-0.1, -0.05) is 0 Å². The molecule has 1 heterocycles. The SMILES string of the molecule is CCOC(=O)[C@H]1C=C(C#N)O[C@](C)(NC(C)=O)[C@@H]1C(=O)OCC. The van der Waals surface area contributed by atoms with Gasteiger partial charge in [0.1, 0.15) is 12.0 Å². The molecular weight excluding hydrogens is 304 g/mol. The third-order valence-corrected chi connectivity index (χ3v) is 3.24. The number of hydrogen-bond acceptors (Lipinski definition) is 7. The number of hydrogen-bond donors (Lipinski definition) is 1. The van der Waals surface area contributed by atoms with E-state index in [0.717, 1.165) is 0 Å². The van der Waals surface area contributed by atoms with Crippen LogP contribution in [0.25, 0.3) is 0 Å². The fraction of sp³-hybridized carbons (Fsp3) is 0.600. The van der Waals surface area contributed by atoms with Crippen molar-refractivity contribution in [1.82, 2.24) is 5.32 Å². The first-order valence-corrected chi connectivity index (χ1v) is 7.22. The third kappa shape index (κ3) is 4.22. The molecule has 1 aliphatic heterocycles. The average Bonchev–Trinajstić information content (AvgIpc) is 2.45. The third-order valence-electron chi connectivity index (χ3n) is 3.24. The highest BCUT2D eigenvalue weighted by molar-refractivity contribution is 5.86. The molecule has 0 aromatic rings. The predicted molar refractivity (Wildman–Crippen MR) is 77.2 cm³/mol. The Bertz CT molecular complexity index is 565. The molecule has 1 N–H and O–H groups in total. The van der Waals surface area contributed by atoms with Gasteiger partial charge in [0.05, 0.1) is 19.1 Å². The molecule has 1 amide bonds. The molecule has 0 spiro atoms. The predicted octanol–water partition coefficient (Wildman–Crippen LogP) is 0.635. The molecule has 0 saturated carbocycles. The molecule has 0 unspecified atom stereocenters. The number of esters is 2. The number of ether oxygens (including phenoxy) is 3. The standard InChI is InChI=1S/C15H20N2O6/c1-5-21-13(19)11-7-10(8-16)23-15(4,17-9(3)18)12(11)14(20)22-6-2/h7,11-12H,5-6H2,1-4H3,(H,17,18)/t11-,12-,15-/m0/s1. The van der Waals surface area contributed by atoms with Gasteiger partial charge in [0.2, 0.25) is 5.91 Å². The van der Waals surface area contributed by atoms with Crippen molar-refractivity contribution in [2.45, 2.75) is 33.4 Å². The zero-order valence-corrected chi connectivity index (χ0v) is 13.5. The number of carbonyl (C=O) groups excluding carboxylic acids is 3. The molecule has 23 heavy (non-hydrogen) atoms. The molecule has 0 aliphatic carbocycles. The van der Waals surface area contributed by atoms with E-state index in [1.54, 1.807) is 19.9 Å². The van der Waals surface area contributed by atoms with Crippen LogP contribution in [0.5, 0.6) is 0 Å². The van der Waals surface area contributed by atoms with Gasteiger partial charge in [0.25, 0.3) is 0 Å². The van der Waals surface area contributed by atoms with Gasteiger partial charge < -0.3 is 19.5 Å². The summed E-state index contributed by atoms with van der Waals surface area (Å²) in [5.41, 5.74) is -1.60. The van der Waals surface area contributed by atoms with Crippen molar-refractivity contribution >= 4 is 17.8 Å². The maximum atomic E-state index is 12.3. The number of nitrogens with zero attached hydrogens (tertiary/aromatic N) is 1. The topological polar surface area (TPSA) is 115 Å². The van der Waals surface area contributed by atoms with Crippen molar-refractivity contribution in [2.24, 2.45) is 11.8 Å². The van der Waals surface area contributed by atoms with E-state index in [1.165, 1.54) is 19.9 Å². The van der Waals surface area contributed by atoms with E-state index >= 15 is 0 Å². The lowest BCUT2D eigenvalue weighted by Crippen LogP contribution is -2.60. The summed E-state index contributed by atoms with van der Waals surface area (Å²) in [6.07, 6.45) is 1.21. The molecule has 0 saturated heterocycles. The highest BCUT2D eigenvalue weighted by Crippen LogP contribution is 2.36. The first kappa shape index (κ1) is 18.5. The van der Waals surface area contributed by atoms with E-state index in [4.69, 9.17) is 19.5 Å². The summed E-state index contributed by atoms with van der Waals surface area (Å²) in [4.78, 5) is 36.0. The molecule has 126 valence electrons. The van der Waals surface area contributed by atoms with Crippen LogP contribution >= 0.6 is 0 Å². The quantitative estimate of drug-likeness (QED) is 0.738. The van der Waals surface area contributed by atoms with Crippen LogP contribution in [0.2, 0.25) is 0 Å². The molecule has 1 aliphatic rings. The first-order chi connectivity index (χ1) is 10.8. The van der Waals surface area contributed by atoms with Crippen molar-refractivity contribution in [3.8, 4) is 6.07 Å². The number of nitrogens with one attached hydrogen (secondary N) is 1. The largest absolute Gasteiger partial charge is 0.466 e. The van der Waals surface area contributed by atoms with E-state index in [1.807, 2.05) is 0 Å². The molecular formula is C15H20N2O6. The Kier molecular flexibility index (Phi) is 6.13. The van der Waals surface area contributed by atoms with Crippen LogP contribution in [0, 0.1) is 23.2 Å². The van der Waals surface area contributed by atoms with Gasteiger partial charge in [-0.15, -0.1) is 0 Å². The van der Waals surface area contributed by atoms with Gasteiger partial charge in [0, 0.05) is 6.92 Å². The summed E-state index contributed by atoms with van der Waals surface area (Å²) in [5, 5.41) is 11.6. The fourth-order valence-electron chi connectivity index (χ4n) is 2.49. The van der Waals surface area contributed by atoms with Crippen LogP contribution in [0.4, 0.5) is 0 Å². The lowest BCUT2D eigenvalue weighted by Gasteiger charge is -2.41. The Labute approximate surface area is 134 Å². The molecule has 0 radical (unpaired) electrons. The number of amides is 1. The van der Waals surface area contributed by atoms with Crippen LogP contribution in [0.3, 0.4) is 0 Å². The Morgan fingerprint density at radius 1 is 1.30 bits per heavy atom. The summed E-state index contributed by atoms with van der Waals surface area (Å²) in [6, 6.07) is 1.78. The summed E-state index contributed by atoms with van der Waals surface area (Å²) < 4.78 is 15.4. The summed E-state index contributed by atoms with van der Waals surface area (Å²) in [5.74, 6) is -4.37. The summed E-state index contributed by atoms with van der Waals surface area (Å²) >= 11 is 0. The van der Waals surface area contributed by atoms with Gasteiger partial charge >= 0.3 is 11.9 Å². The van der Waals surface area contributed by atoms with Crippen LogP contribution in [-0.4, -0.2) is 36.8 Å². The lowest BCUT2D eigenvalue weighted by atomic mass is 9.81. The minimum atomic E-state index is -1.60. The number of carbonyl (C=O) groups is 3. The molecule has 1 rings (SSSR count). The zero-order chi connectivity index (χ0) is 17.6. The molecule has 3 atom stereocenters. The monoisotopic (exact) mass is 324 g/mol. The number of allylic oxidation sites excluding steroid dienone is 1. The molecule has 0 aromatic heterocycles. The Morgan fingerprint density at radius 3 is 2.35 bits per heavy atom. The smallest absolute Gasteiger partial charge is 0.316 e. The van der Waals surface area contributed by atoms with Crippen molar-refractivity contribution in [1.29, 1.82) is 5.26 Å². The maximum absolute atomic E-state index is 12.3. The highest BCUT2D eigenvalue weighted by Gasteiger charge is 2.53. The van der Waals surface area contributed by atoms with Gasteiger partial charge in [0.15, 0.2) is 11.5 Å². The van der Waals surface area contributed by atoms with Gasteiger partial charge in [-0.2, -0.15) is 5.26 Å².